The first-order chi connectivity index (χ1) is 12.0. The lowest BCUT2D eigenvalue weighted by molar-refractivity contribution is -0.117. The van der Waals surface area contributed by atoms with Crippen LogP contribution in [0.5, 0.6) is 0 Å². The third-order valence-corrected chi connectivity index (χ3v) is 5.34. The van der Waals surface area contributed by atoms with Crippen LogP contribution in [0.4, 0.5) is 16.2 Å². The molecule has 2 N–H and O–H groups in total. The molecule has 0 radical (unpaired) electrons. The second kappa shape index (κ2) is 7.65. The summed E-state index contributed by atoms with van der Waals surface area (Å²) in [5, 5.41) is 5.68. The number of carbonyl (C=O) groups excluding carboxylic acids is 2. The van der Waals surface area contributed by atoms with Gasteiger partial charge in [0.05, 0.1) is 11.2 Å². The summed E-state index contributed by atoms with van der Waals surface area (Å²) in [7, 11) is 0. The molecule has 2 heterocycles. The highest BCUT2D eigenvalue weighted by Crippen LogP contribution is 2.28. The lowest BCUT2D eigenvalue weighted by atomic mass is 10.2. The van der Waals surface area contributed by atoms with E-state index < -0.39 is 0 Å². The molecule has 1 aromatic heterocycles. The van der Waals surface area contributed by atoms with Crippen LogP contribution in [0.25, 0.3) is 0 Å². The summed E-state index contributed by atoms with van der Waals surface area (Å²) in [6.45, 7) is 4.56. The number of benzene rings is 1. The van der Waals surface area contributed by atoms with Crippen molar-refractivity contribution in [3.8, 4) is 0 Å². The molecule has 1 atom stereocenters. The Morgan fingerprint density at radius 2 is 2.28 bits per heavy atom. The van der Waals surface area contributed by atoms with Crippen LogP contribution in [0.15, 0.2) is 29.8 Å². The van der Waals surface area contributed by atoms with Gasteiger partial charge in [-0.15, -0.1) is 11.3 Å². The zero-order chi connectivity index (χ0) is 17.8. The summed E-state index contributed by atoms with van der Waals surface area (Å²) < 4.78 is 0. The standard InChI is InChI=1S/C18H22N4O2S/c1-12-6-7-17(23)22(12)15-5-3-4-14(10-15)21-18(24)19-9-8-16-13(2)20-11-25-16/h3-5,10-12H,6-9H2,1-2H3,(H2,19,21,24)/t12-/m0/s1. The van der Waals surface area contributed by atoms with Crippen LogP contribution in [0.2, 0.25) is 0 Å². The highest BCUT2D eigenvalue weighted by molar-refractivity contribution is 7.09. The zero-order valence-corrected chi connectivity index (χ0v) is 15.2. The van der Waals surface area contributed by atoms with E-state index in [2.05, 4.69) is 15.6 Å². The molecule has 3 rings (SSSR count). The van der Waals surface area contributed by atoms with Gasteiger partial charge in [-0.1, -0.05) is 6.07 Å². The largest absolute Gasteiger partial charge is 0.338 e. The van der Waals surface area contributed by atoms with E-state index in [1.54, 1.807) is 16.2 Å². The van der Waals surface area contributed by atoms with Crippen LogP contribution in [0.3, 0.4) is 0 Å². The van der Waals surface area contributed by atoms with E-state index in [9.17, 15) is 9.59 Å². The molecule has 0 spiro atoms. The number of amides is 3. The quantitative estimate of drug-likeness (QED) is 0.861. The van der Waals surface area contributed by atoms with Crippen molar-refractivity contribution < 1.29 is 9.59 Å². The maximum Gasteiger partial charge on any atom is 0.319 e. The van der Waals surface area contributed by atoms with E-state index in [1.807, 2.05) is 43.6 Å². The third kappa shape index (κ3) is 4.17. The molecule has 1 aromatic carbocycles. The molecule has 25 heavy (non-hydrogen) atoms. The first-order valence-corrected chi connectivity index (χ1v) is 9.28. The first kappa shape index (κ1) is 17.4. The van der Waals surface area contributed by atoms with Crippen molar-refractivity contribution in [3.63, 3.8) is 0 Å². The van der Waals surface area contributed by atoms with Crippen molar-refractivity contribution in [2.24, 2.45) is 0 Å². The Bertz CT molecular complexity index is 774. The van der Waals surface area contributed by atoms with E-state index in [4.69, 9.17) is 0 Å². The lowest BCUT2D eigenvalue weighted by Crippen LogP contribution is -2.32. The van der Waals surface area contributed by atoms with E-state index >= 15 is 0 Å². The highest BCUT2D eigenvalue weighted by atomic mass is 32.1. The Kier molecular flexibility index (Phi) is 5.33. The highest BCUT2D eigenvalue weighted by Gasteiger charge is 2.28. The van der Waals surface area contributed by atoms with Gasteiger partial charge in [-0.3, -0.25) is 4.79 Å². The van der Waals surface area contributed by atoms with Gasteiger partial charge in [-0.05, 0) is 38.5 Å². The predicted molar refractivity (Wildman–Crippen MR) is 100 cm³/mol. The average Bonchev–Trinajstić information content (AvgIpc) is 3.13. The topological polar surface area (TPSA) is 74.3 Å². The smallest absolute Gasteiger partial charge is 0.319 e. The van der Waals surface area contributed by atoms with Crippen LogP contribution < -0.4 is 15.5 Å². The van der Waals surface area contributed by atoms with Crippen LogP contribution in [-0.4, -0.2) is 29.5 Å². The molecular weight excluding hydrogens is 336 g/mol. The van der Waals surface area contributed by atoms with Gasteiger partial charge in [0.2, 0.25) is 5.91 Å². The number of aryl methyl sites for hydroxylation is 1. The molecule has 2 aromatic rings. The molecule has 0 bridgehead atoms. The van der Waals surface area contributed by atoms with Crippen LogP contribution in [0, 0.1) is 6.92 Å². The Balaban J connectivity index is 1.55. The average molecular weight is 358 g/mol. The molecule has 6 nitrogen and oxygen atoms in total. The van der Waals surface area contributed by atoms with Crippen molar-refractivity contribution in [2.45, 2.75) is 39.2 Å². The maximum absolute atomic E-state index is 12.1. The number of aromatic nitrogens is 1. The molecular formula is C18H22N4O2S. The number of rotatable bonds is 5. The molecule has 132 valence electrons. The van der Waals surface area contributed by atoms with Gasteiger partial charge >= 0.3 is 6.03 Å². The number of hydrogen-bond donors (Lipinski definition) is 2. The van der Waals surface area contributed by atoms with Gasteiger partial charge in [0.25, 0.3) is 0 Å². The third-order valence-electron chi connectivity index (χ3n) is 4.35. The fourth-order valence-electron chi connectivity index (χ4n) is 2.99. The molecule has 0 aliphatic carbocycles. The monoisotopic (exact) mass is 358 g/mol. The lowest BCUT2D eigenvalue weighted by Gasteiger charge is -2.22. The van der Waals surface area contributed by atoms with Gasteiger partial charge in [0, 0.05) is 41.7 Å². The van der Waals surface area contributed by atoms with Crippen molar-refractivity contribution in [1.82, 2.24) is 10.3 Å². The molecule has 3 amide bonds. The van der Waals surface area contributed by atoms with Gasteiger partial charge in [0.1, 0.15) is 0 Å². The maximum atomic E-state index is 12.1. The zero-order valence-electron chi connectivity index (χ0n) is 14.4. The van der Waals surface area contributed by atoms with E-state index in [0.29, 0.717) is 18.7 Å². The number of hydrogen-bond acceptors (Lipinski definition) is 4. The van der Waals surface area contributed by atoms with Crippen LogP contribution in [0.1, 0.15) is 30.3 Å². The predicted octanol–water partition coefficient (Wildman–Crippen LogP) is 3.33. The van der Waals surface area contributed by atoms with E-state index in [1.165, 1.54) is 4.88 Å². The number of nitrogens with one attached hydrogen (secondary N) is 2. The fourth-order valence-corrected chi connectivity index (χ4v) is 3.77. The molecule has 1 fully saturated rings. The minimum atomic E-state index is -0.250. The van der Waals surface area contributed by atoms with Crippen molar-refractivity contribution in [3.05, 3.63) is 40.3 Å². The summed E-state index contributed by atoms with van der Waals surface area (Å²) in [5.41, 5.74) is 4.34. The summed E-state index contributed by atoms with van der Waals surface area (Å²) in [6.07, 6.45) is 2.22. The molecule has 0 unspecified atom stereocenters. The SMILES string of the molecule is Cc1ncsc1CCNC(=O)Nc1cccc(N2C(=O)CC[C@@H]2C)c1. The van der Waals surface area contributed by atoms with E-state index in [-0.39, 0.29) is 18.0 Å². The Morgan fingerprint density at radius 3 is 2.96 bits per heavy atom. The molecule has 7 heteroatoms. The summed E-state index contributed by atoms with van der Waals surface area (Å²) in [5.74, 6) is 0.133. The van der Waals surface area contributed by atoms with Crippen LogP contribution >= 0.6 is 11.3 Å². The first-order valence-electron chi connectivity index (χ1n) is 8.40. The number of nitrogens with zero attached hydrogens (tertiary/aromatic N) is 2. The fraction of sp³-hybridized carbons (Fsp3) is 0.389. The summed E-state index contributed by atoms with van der Waals surface area (Å²) in [6, 6.07) is 7.35. The summed E-state index contributed by atoms with van der Waals surface area (Å²) >= 11 is 1.60. The van der Waals surface area contributed by atoms with Crippen LogP contribution in [-0.2, 0) is 11.2 Å². The Morgan fingerprint density at radius 1 is 1.44 bits per heavy atom. The Hall–Kier alpha value is -2.41. The number of thiazole rings is 1. The molecule has 1 aliphatic heterocycles. The minimum absolute atomic E-state index is 0.133. The van der Waals surface area contributed by atoms with Gasteiger partial charge < -0.3 is 15.5 Å². The van der Waals surface area contributed by atoms with Gasteiger partial charge in [-0.25, -0.2) is 9.78 Å². The van der Waals surface area contributed by atoms with Gasteiger partial charge in [-0.2, -0.15) is 0 Å². The number of carbonyl (C=O) groups is 2. The second-order valence-corrected chi connectivity index (χ2v) is 7.13. The second-order valence-electron chi connectivity index (χ2n) is 6.19. The number of urea groups is 1. The van der Waals surface area contributed by atoms with Crippen molar-refractivity contribution in [2.75, 3.05) is 16.8 Å². The van der Waals surface area contributed by atoms with Gasteiger partial charge in [0.15, 0.2) is 0 Å². The summed E-state index contributed by atoms with van der Waals surface area (Å²) in [4.78, 5) is 31.3. The molecule has 1 aliphatic rings. The molecule has 1 saturated heterocycles. The number of anilines is 2. The molecule has 0 saturated carbocycles. The van der Waals surface area contributed by atoms with E-state index in [0.717, 1.165) is 24.2 Å². The van der Waals surface area contributed by atoms with Crippen molar-refractivity contribution >= 4 is 34.6 Å². The van der Waals surface area contributed by atoms with Crippen molar-refractivity contribution in [1.29, 1.82) is 0 Å². The Labute approximate surface area is 151 Å². The minimum Gasteiger partial charge on any atom is -0.338 e. The normalized spacial score (nSPS) is 17.0.